The third-order valence-electron chi connectivity index (χ3n) is 8.06. The second-order valence-corrected chi connectivity index (χ2v) is 12.0. The molecule has 0 aromatic heterocycles. The second-order valence-electron chi connectivity index (χ2n) is 12.0. The standard InChI is InChI=1S/C36H55N3O12/c1-2-3-6-14-45-16-18-47-20-22-49-24-26-51-27-25-50-23-21-48-19-17-46-15-7-4-5-11-31(40)37-29-10-8-9-28-33(29)36(44)39(35(28)43)30-12-13-32(41)38-34(30)42/h8-10,30H,2-7,11-27H2,1H3,(H,37,40)(H,38,41,42). The van der Waals surface area contributed by atoms with E-state index in [4.69, 9.17) is 33.2 Å². The van der Waals surface area contributed by atoms with E-state index < -0.39 is 29.7 Å². The number of imide groups is 2. The van der Waals surface area contributed by atoms with E-state index in [2.05, 4.69) is 17.6 Å². The van der Waals surface area contributed by atoms with E-state index in [9.17, 15) is 24.0 Å². The normalized spacial score (nSPS) is 15.8. The van der Waals surface area contributed by atoms with Gasteiger partial charge in [-0.3, -0.25) is 34.2 Å². The number of fused-ring (bicyclic) bond motifs is 1. The van der Waals surface area contributed by atoms with Gasteiger partial charge in [0.05, 0.1) is 96.1 Å². The Morgan fingerprint density at radius 3 is 1.71 bits per heavy atom. The summed E-state index contributed by atoms with van der Waals surface area (Å²) < 4.78 is 38.5. The molecule has 1 unspecified atom stereocenters. The van der Waals surface area contributed by atoms with Crippen molar-refractivity contribution in [2.45, 2.75) is 70.8 Å². The van der Waals surface area contributed by atoms with Gasteiger partial charge in [0.15, 0.2) is 0 Å². The van der Waals surface area contributed by atoms with E-state index in [1.165, 1.54) is 18.9 Å². The average molecular weight is 722 g/mol. The summed E-state index contributed by atoms with van der Waals surface area (Å²) in [6, 6.07) is 3.54. The Balaban J connectivity index is 1.09. The zero-order valence-corrected chi connectivity index (χ0v) is 29.9. The first-order chi connectivity index (χ1) is 24.9. The Morgan fingerprint density at radius 1 is 0.686 bits per heavy atom. The summed E-state index contributed by atoms with van der Waals surface area (Å²) in [5.41, 5.74) is 0.397. The van der Waals surface area contributed by atoms with Gasteiger partial charge in [-0.05, 0) is 37.8 Å². The highest BCUT2D eigenvalue weighted by Gasteiger charge is 2.45. The maximum absolute atomic E-state index is 13.2. The number of hydrogen-bond donors (Lipinski definition) is 2. The molecule has 0 bridgehead atoms. The van der Waals surface area contributed by atoms with Gasteiger partial charge >= 0.3 is 0 Å². The lowest BCUT2D eigenvalue weighted by atomic mass is 10.0. The number of amides is 5. The molecule has 0 saturated carbocycles. The lowest BCUT2D eigenvalue weighted by Crippen LogP contribution is -2.54. The maximum atomic E-state index is 13.2. The van der Waals surface area contributed by atoms with Crippen molar-refractivity contribution in [3.8, 4) is 0 Å². The van der Waals surface area contributed by atoms with Gasteiger partial charge in [-0.1, -0.05) is 32.3 Å². The topological polar surface area (TPSA) is 177 Å². The van der Waals surface area contributed by atoms with Crippen LogP contribution in [-0.2, 0) is 47.5 Å². The molecule has 1 aromatic carbocycles. The fourth-order valence-corrected chi connectivity index (χ4v) is 5.37. The molecule has 286 valence electrons. The van der Waals surface area contributed by atoms with E-state index in [1.807, 2.05) is 0 Å². The zero-order valence-electron chi connectivity index (χ0n) is 29.9. The van der Waals surface area contributed by atoms with Gasteiger partial charge < -0.3 is 38.5 Å². The molecule has 2 aliphatic heterocycles. The summed E-state index contributed by atoms with van der Waals surface area (Å²) >= 11 is 0. The molecule has 1 aromatic rings. The summed E-state index contributed by atoms with van der Waals surface area (Å²) in [7, 11) is 0. The minimum absolute atomic E-state index is 0.0327. The quantitative estimate of drug-likeness (QED) is 0.0879. The number of anilines is 1. The Bertz CT molecular complexity index is 1230. The van der Waals surface area contributed by atoms with Gasteiger partial charge in [0.1, 0.15) is 6.04 Å². The smallest absolute Gasteiger partial charge is 0.264 e. The molecular weight excluding hydrogens is 666 g/mol. The maximum Gasteiger partial charge on any atom is 0.264 e. The molecule has 1 fully saturated rings. The molecule has 2 N–H and O–H groups in total. The molecule has 2 heterocycles. The highest BCUT2D eigenvalue weighted by molar-refractivity contribution is 6.26. The Labute approximate surface area is 300 Å². The fourth-order valence-electron chi connectivity index (χ4n) is 5.37. The van der Waals surface area contributed by atoms with Crippen LogP contribution in [0.5, 0.6) is 0 Å². The van der Waals surface area contributed by atoms with Crippen molar-refractivity contribution >= 4 is 35.2 Å². The van der Waals surface area contributed by atoms with Crippen LogP contribution in [0.4, 0.5) is 5.69 Å². The molecular formula is C36H55N3O12. The molecule has 0 spiro atoms. The van der Waals surface area contributed by atoms with Gasteiger partial charge in [-0.2, -0.15) is 0 Å². The number of nitrogens with zero attached hydrogens (tertiary/aromatic N) is 1. The van der Waals surface area contributed by atoms with E-state index in [0.29, 0.717) is 92.3 Å². The van der Waals surface area contributed by atoms with Crippen LogP contribution in [0.25, 0.3) is 0 Å². The lowest BCUT2D eigenvalue weighted by molar-refractivity contribution is -0.136. The minimum atomic E-state index is -1.07. The first-order valence-electron chi connectivity index (χ1n) is 18.1. The van der Waals surface area contributed by atoms with Crippen LogP contribution < -0.4 is 10.6 Å². The summed E-state index contributed by atoms with van der Waals surface area (Å²) in [6.45, 7) is 9.61. The van der Waals surface area contributed by atoms with Crippen molar-refractivity contribution in [3.05, 3.63) is 29.3 Å². The third kappa shape index (κ3) is 15.9. The summed E-state index contributed by atoms with van der Waals surface area (Å²) in [6.07, 6.45) is 5.99. The minimum Gasteiger partial charge on any atom is -0.379 e. The van der Waals surface area contributed by atoms with Crippen LogP contribution in [0.1, 0.15) is 85.4 Å². The van der Waals surface area contributed by atoms with Crippen molar-refractivity contribution in [3.63, 3.8) is 0 Å². The van der Waals surface area contributed by atoms with Gasteiger partial charge in [0.2, 0.25) is 17.7 Å². The number of hydrogen-bond acceptors (Lipinski definition) is 12. The number of ether oxygens (including phenoxy) is 7. The molecule has 5 amide bonds. The fraction of sp³-hybridized carbons (Fsp3) is 0.694. The van der Waals surface area contributed by atoms with Gasteiger partial charge in [-0.15, -0.1) is 0 Å². The number of rotatable bonds is 30. The number of carbonyl (C=O) groups is 5. The molecule has 0 aliphatic carbocycles. The highest BCUT2D eigenvalue weighted by atomic mass is 16.6. The average Bonchev–Trinajstić information content (AvgIpc) is 3.37. The van der Waals surface area contributed by atoms with Crippen LogP contribution in [0, 0.1) is 0 Å². The van der Waals surface area contributed by atoms with E-state index in [1.54, 1.807) is 12.1 Å². The second kappa shape index (κ2) is 25.6. The summed E-state index contributed by atoms with van der Waals surface area (Å²) in [5, 5.41) is 4.91. The van der Waals surface area contributed by atoms with Crippen molar-refractivity contribution in [2.24, 2.45) is 0 Å². The molecule has 51 heavy (non-hydrogen) atoms. The van der Waals surface area contributed by atoms with Crippen LogP contribution in [0.2, 0.25) is 0 Å². The monoisotopic (exact) mass is 721 g/mol. The number of carbonyl (C=O) groups excluding carboxylic acids is 5. The number of unbranched alkanes of at least 4 members (excludes halogenated alkanes) is 4. The molecule has 1 atom stereocenters. The predicted molar refractivity (Wildman–Crippen MR) is 185 cm³/mol. The number of piperidine rings is 1. The van der Waals surface area contributed by atoms with Crippen molar-refractivity contribution in [1.82, 2.24) is 10.2 Å². The Hall–Kier alpha value is -3.31. The van der Waals surface area contributed by atoms with Crippen LogP contribution in [0.3, 0.4) is 0 Å². The molecule has 3 rings (SSSR count). The zero-order chi connectivity index (χ0) is 36.5. The third-order valence-corrected chi connectivity index (χ3v) is 8.06. The summed E-state index contributed by atoms with van der Waals surface area (Å²) in [4.78, 5) is 63.4. The van der Waals surface area contributed by atoms with E-state index in [-0.39, 0.29) is 42.0 Å². The van der Waals surface area contributed by atoms with E-state index in [0.717, 1.165) is 30.8 Å². The number of benzene rings is 1. The molecule has 2 aliphatic rings. The first kappa shape index (κ1) is 42.1. The Kier molecular flexibility index (Phi) is 21.1. The SMILES string of the molecule is CCCCCOCCOCCOCCOCCOCCOCCOCCCCCC(=O)Nc1cccc2c1C(=O)N(C1CCC(=O)NC1=O)C2=O. The summed E-state index contributed by atoms with van der Waals surface area (Å²) in [5.74, 6) is -2.69. The lowest BCUT2D eigenvalue weighted by Gasteiger charge is -2.27. The molecule has 0 radical (unpaired) electrons. The Morgan fingerprint density at radius 2 is 1.20 bits per heavy atom. The molecule has 1 saturated heterocycles. The van der Waals surface area contributed by atoms with Crippen LogP contribution in [-0.4, -0.2) is 133 Å². The van der Waals surface area contributed by atoms with Crippen molar-refractivity contribution in [2.75, 3.05) is 97.8 Å². The highest BCUT2D eigenvalue weighted by Crippen LogP contribution is 2.32. The predicted octanol–water partition coefficient (Wildman–Crippen LogP) is 2.89. The van der Waals surface area contributed by atoms with Gasteiger partial charge in [0, 0.05) is 26.1 Å². The van der Waals surface area contributed by atoms with Gasteiger partial charge in [0.25, 0.3) is 11.8 Å². The molecule has 15 heteroatoms. The van der Waals surface area contributed by atoms with Crippen molar-refractivity contribution < 1.29 is 57.1 Å². The largest absolute Gasteiger partial charge is 0.379 e. The van der Waals surface area contributed by atoms with Crippen LogP contribution >= 0.6 is 0 Å². The van der Waals surface area contributed by atoms with Gasteiger partial charge in [-0.25, -0.2) is 0 Å². The van der Waals surface area contributed by atoms with E-state index >= 15 is 0 Å². The van der Waals surface area contributed by atoms with Crippen molar-refractivity contribution in [1.29, 1.82) is 0 Å². The first-order valence-corrected chi connectivity index (χ1v) is 18.1. The molecule has 15 nitrogen and oxygen atoms in total. The number of nitrogens with one attached hydrogen (secondary N) is 2. The van der Waals surface area contributed by atoms with Crippen LogP contribution in [0.15, 0.2) is 18.2 Å².